The number of hydrogen-bond donors (Lipinski definition) is 0. The summed E-state index contributed by atoms with van der Waals surface area (Å²) in [6.45, 7) is 28.5. The van der Waals surface area contributed by atoms with Crippen LogP contribution in [0, 0.1) is 6.92 Å². The zero-order valence-electron chi connectivity index (χ0n) is 36.4. The van der Waals surface area contributed by atoms with Gasteiger partial charge in [0.2, 0.25) is 0 Å². The van der Waals surface area contributed by atoms with Crippen LogP contribution in [0.4, 0.5) is 34.1 Å². The molecule has 2 aliphatic rings. The average molecular weight is 663 g/mol. The smallest absolute Gasteiger partial charge is 0.252 e. The molecule has 256 valence electrons. The van der Waals surface area contributed by atoms with Gasteiger partial charge in [-0.3, -0.25) is 0 Å². The van der Waals surface area contributed by atoms with Gasteiger partial charge in [0, 0.05) is 34.1 Å². The van der Waals surface area contributed by atoms with Crippen molar-refractivity contribution < 1.29 is 5.48 Å². The van der Waals surface area contributed by atoms with Gasteiger partial charge in [-0.2, -0.15) is 0 Å². The third kappa shape index (κ3) is 5.77. The van der Waals surface area contributed by atoms with Crippen molar-refractivity contribution >= 4 is 57.2 Å². The maximum Gasteiger partial charge on any atom is 0.252 e. The van der Waals surface area contributed by atoms with E-state index in [9.17, 15) is 2.74 Å². The Labute approximate surface area is 308 Å². The van der Waals surface area contributed by atoms with Crippen molar-refractivity contribution in [2.24, 2.45) is 0 Å². The molecule has 0 amide bonds. The van der Waals surface area contributed by atoms with Crippen molar-refractivity contribution in [1.82, 2.24) is 0 Å². The van der Waals surface area contributed by atoms with Crippen LogP contribution in [-0.4, -0.2) is 6.71 Å². The predicted molar refractivity (Wildman–Crippen MR) is 220 cm³/mol. The molecule has 0 saturated heterocycles. The third-order valence-electron chi connectivity index (χ3n) is 10.6. The maximum atomic E-state index is 9.64. The molecule has 0 bridgehead atoms. The molecule has 0 N–H and O–H groups in total. The summed E-state index contributed by atoms with van der Waals surface area (Å²) in [4.78, 5) is 4.52. The summed E-state index contributed by atoms with van der Waals surface area (Å²) in [5.74, 6) is 0. The molecule has 0 saturated carbocycles. The highest BCUT2D eigenvalue weighted by molar-refractivity contribution is 7.00. The Morgan fingerprint density at radius 1 is 0.460 bits per heavy atom. The lowest BCUT2D eigenvalue weighted by molar-refractivity contribution is 0.569. The second-order valence-corrected chi connectivity index (χ2v) is 18.7. The highest BCUT2D eigenvalue weighted by Gasteiger charge is 2.44. The van der Waals surface area contributed by atoms with E-state index in [1.807, 2.05) is 0 Å². The number of rotatable bonds is 2. The van der Waals surface area contributed by atoms with Crippen LogP contribution in [0.3, 0.4) is 0 Å². The summed E-state index contributed by atoms with van der Waals surface area (Å²) in [5.41, 5.74) is 13.6. The Morgan fingerprint density at radius 3 is 1.50 bits per heavy atom. The third-order valence-corrected chi connectivity index (χ3v) is 10.6. The Bertz CT molecular complexity index is 2300. The predicted octanol–water partition coefficient (Wildman–Crippen LogP) is 11.3. The normalized spacial score (nSPS) is 15.5. The topological polar surface area (TPSA) is 6.48 Å². The van der Waals surface area contributed by atoms with Crippen LogP contribution in [0.5, 0.6) is 0 Å². The molecule has 5 aromatic carbocycles. The first-order chi connectivity index (χ1) is 24.9. The molecule has 2 nitrogen and oxygen atoms in total. The van der Waals surface area contributed by atoms with Crippen LogP contribution in [-0.2, 0) is 21.7 Å². The quantitative estimate of drug-likeness (QED) is 0.170. The van der Waals surface area contributed by atoms with E-state index in [1.54, 1.807) is 0 Å². The van der Waals surface area contributed by atoms with Crippen LogP contribution < -0.4 is 26.2 Å². The number of hydrogen-bond acceptors (Lipinski definition) is 2. The van der Waals surface area contributed by atoms with Gasteiger partial charge in [0.1, 0.15) is 0 Å². The maximum absolute atomic E-state index is 9.64. The van der Waals surface area contributed by atoms with Crippen LogP contribution in [0.2, 0.25) is 0 Å². The molecule has 2 aliphatic heterocycles. The molecule has 5 aromatic rings. The Hall–Kier alpha value is -4.24. The van der Waals surface area contributed by atoms with E-state index in [-0.39, 0.29) is 45.8 Å². The lowest BCUT2D eigenvalue weighted by atomic mass is 9.33. The molecule has 0 aliphatic carbocycles. The fourth-order valence-corrected chi connectivity index (χ4v) is 7.55. The SMILES string of the molecule is [2H]c1c([2H])c([2H])c2c(c1[2H])B1c3cc(C(C)(C)C)ccc3N(c3ccc(C(C)(C)C)cc3)c3cc(C)cc(c31)N2c1cc(C(C)(C)C)cc(C(C)(C)C)c1. The van der Waals surface area contributed by atoms with Crippen LogP contribution >= 0.6 is 0 Å². The first-order valence-corrected chi connectivity index (χ1v) is 18.2. The number of para-hydroxylation sites is 1. The molecular weight excluding hydrogens is 603 g/mol. The van der Waals surface area contributed by atoms with Gasteiger partial charge in [-0.1, -0.05) is 132 Å². The standard InChI is InChI=1S/C47H55BN2/c1-30-24-41-43-42(25-30)50(36-27-33(46(8,9)10)26-34(28-36)47(11,12)13)39-17-15-14-16-37(39)48(43)38-29-32(45(5,6)7)20-23-40(38)49(41)35-21-18-31(19-22-35)44(2,3)4/h14-29H,1-13H3/i14D,15D,16D,17D. The molecule has 50 heavy (non-hydrogen) atoms. The summed E-state index contributed by atoms with van der Waals surface area (Å²) >= 11 is 0. The Balaban J connectivity index is 1.65. The fraction of sp³-hybridized carbons (Fsp3) is 0.362. The summed E-state index contributed by atoms with van der Waals surface area (Å²) in [6, 6.07) is 26.4. The van der Waals surface area contributed by atoms with Gasteiger partial charge in [-0.15, -0.1) is 0 Å². The number of nitrogens with zero attached hydrogens (tertiary/aromatic N) is 2. The minimum atomic E-state index is -0.418. The molecule has 0 spiro atoms. The molecule has 0 radical (unpaired) electrons. The van der Waals surface area contributed by atoms with E-state index in [0.717, 1.165) is 44.9 Å². The summed E-state index contributed by atoms with van der Waals surface area (Å²) in [6.07, 6.45) is 0. The van der Waals surface area contributed by atoms with E-state index in [0.29, 0.717) is 11.2 Å². The number of benzene rings is 5. The van der Waals surface area contributed by atoms with Gasteiger partial charge in [-0.05, 0) is 121 Å². The van der Waals surface area contributed by atoms with Crippen LogP contribution in [0.1, 0.15) is 116 Å². The second kappa shape index (κ2) is 11.4. The van der Waals surface area contributed by atoms with Gasteiger partial charge >= 0.3 is 0 Å². The van der Waals surface area contributed by atoms with Crippen LogP contribution in [0.25, 0.3) is 0 Å². The van der Waals surface area contributed by atoms with Crippen molar-refractivity contribution in [2.45, 2.75) is 112 Å². The highest BCUT2D eigenvalue weighted by Crippen LogP contribution is 2.46. The van der Waals surface area contributed by atoms with Gasteiger partial charge in [-0.25, -0.2) is 0 Å². The van der Waals surface area contributed by atoms with Crippen LogP contribution in [0.15, 0.2) is 97.0 Å². The largest absolute Gasteiger partial charge is 0.311 e. The van der Waals surface area contributed by atoms with Crippen molar-refractivity contribution in [2.75, 3.05) is 9.80 Å². The monoisotopic (exact) mass is 662 g/mol. The zero-order valence-corrected chi connectivity index (χ0v) is 32.4. The van der Waals surface area contributed by atoms with Gasteiger partial charge in [0.15, 0.2) is 0 Å². The van der Waals surface area contributed by atoms with E-state index in [4.69, 9.17) is 2.74 Å². The number of fused-ring (bicyclic) bond motifs is 4. The van der Waals surface area contributed by atoms with Crippen molar-refractivity contribution in [3.63, 3.8) is 0 Å². The summed E-state index contributed by atoms with van der Waals surface area (Å²) in [7, 11) is 0. The number of aryl methyl sites for hydroxylation is 1. The molecule has 0 aromatic heterocycles. The molecule has 0 atom stereocenters. The van der Waals surface area contributed by atoms with E-state index >= 15 is 0 Å². The van der Waals surface area contributed by atoms with E-state index < -0.39 is 6.71 Å². The van der Waals surface area contributed by atoms with Gasteiger partial charge < -0.3 is 9.80 Å². The molecule has 7 rings (SSSR count). The summed E-state index contributed by atoms with van der Waals surface area (Å²) < 4.78 is 37.3. The van der Waals surface area contributed by atoms with E-state index in [1.165, 1.54) is 22.3 Å². The molecule has 0 fully saturated rings. The molecule has 0 unspecified atom stereocenters. The van der Waals surface area contributed by atoms with Crippen molar-refractivity contribution in [3.8, 4) is 0 Å². The molecular formula is C47H55BN2. The first kappa shape index (κ1) is 29.5. The fourth-order valence-electron chi connectivity index (χ4n) is 7.55. The second-order valence-electron chi connectivity index (χ2n) is 18.7. The first-order valence-electron chi connectivity index (χ1n) is 20.2. The molecule has 3 heteroatoms. The van der Waals surface area contributed by atoms with E-state index in [2.05, 4.69) is 173 Å². The van der Waals surface area contributed by atoms with Gasteiger partial charge in [0.25, 0.3) is 6.71 Å². The minimum absolute atomic E-state index is 0.00835. The Kier molecular flexibility index (Phi) is 6.72. The lowest BCUT2D eigenvalue weighted by Gasteiger charge is -2.45. The highest BCUT2D eigenvalue weighted by atomic mass is 15.2. The lowest BCUT2D eigenvalue weighted by Crippen LogP contribution is -2.61. The van der Waals surface area contributed by atoms with Crippen molar-refractivity contribution in [3.05, 3.63) is 125 Å². The average Bonchev–Trinajstić information content (AvgIpc) is 3.07. The molecule has 2 heterocycles. The minimum Gasteiger partial charge on any atom is -0.311 e. The van der Waals surface area contributed by atoms with Gasteiger partial charge in [0.05, 0.1) is 5.48 Å². The Morgan fingerprint density at radius 2 is 0.960 bits per heavy atom. The summed E-state index contributed by atoms with van der Waals surface area (Å²) in [5, 5.41) is 0. The number of anilines is 6. The zero-order chi connectivity index (χ0) is 39.6. The van der Waals surface area contributed by atoms with Crippen molar-refractivity contribution in [1.29, 1.82) is 0 Å².